The minimum Gasteiger partial charge on any atom is -1.00 e. The number of imidazole rings is 1. The average Bonchev–Trinajstić information content (AvgIpc) is 2.89. The van der Waals surface area contributed by atoms with E-state index in [1.807, 2.05) is 0 Å². The minimum atomic E-state index is 0. The summed E-state index contributed by atoms with van der Waals surface area (Å²) in [5, 5.41) is 0. The molecule has 0 bridgehead atoms. The minimum absolute atomic E-state index is 0. The monoisotopic (exact) mass is 341 g/mol. The second-order valence-corrected chi connectivity index (χ2v) is 5.79. The van der Waals surface area contributed by atoms with Gasteiger partial charge in [-0.2, -0.15) is 0 Å². The molecule has 0 unspecified atom stereocenters. The normalized spacial score (nSPS) is 13.8. The van der Waals surface area contributed by atoms with Crippen LogP contribution in [0.2, 0.25) is 0 Å². The van der Waals surface area contributed by atoms with Crippen molar-refractivity contribution in [2.45, 2.75) is 32.6 Å². The van der Waals surface area contributed by atoms with Crippen LogP contribution in [0.5, 0.6) is 0 Å². The Balaban J connectivity index is 0.00000132. The number of aryl methyl sites for hydroxylation is 3. The third-order valence-corrected chi connectivity index (χ3v) is 4.26. The number of hydrogen-bond acceptors (Lipinski definition) is 1. The predicted octanol–water partition coefficient (Wildman–Crippen LogP) is 1.19. The first-order valence-electron chi connectivity index (χ1n) is 7.37. The second-order valence-electron chi connectivity index (χ2n) is 5.79. The van der Waals surface area contributed by atoms with Gasteiger partial charge in [0.1, 0.15) is 5.65 Å². The van der Waals surface area contributed by atoms with E-state index in [0.717, 1.165) is 11.3 Å². The lowest BCUT2D eigenvalue weighted by atomic mass is 9.90. The molecule has 3 heteroatoms. The van der Waals surface area contributed by atoms with Crippen molar-refractivity contribution in [1.29, 1.82) is 0 Å². The van der Waals surface area contributed by atoms with Gasteiger partial charge in [-0.15, -0.1) is 0 Å². The Bertz CT molecular complexity index is 789. The Morgan fingerprint density at radius 2 is 1.81 bits per heavy atom. The number of halogens is 1. The summed E-state index contributed by atoms with van der Waals surface area (Å²) in [7, 11) is 0. The standard InChI is InChI=1S/C18H18N2.BrH/c1-13-8-9-20-12-17(19-18(20)10-13)16-7-6-14-4-2-3-5-15(14)11-16;/h6-12H,2-5H2,1H3;1H/p-1. The van der Waals surface area contributed by atoms with Crippen LogP contribution in [-0.4, -0.2) is 9.38 Å². The molecule has 0 saturated carbocycles. The van der Waals surface area contributed by atoms with Crippen LogP contribution in [0.25, 0.3) is 16.9 Å². The summed E-state index contributed by atoms with van der Waals surface area (Å²) in [6.07, 6.45) is 9.31. The van der Waals surface area contributed by atoms with Gasteiger partial charge in [-0.3, -0.25) is 0 Å². The Morgan fingerprint density at radius 1 is 1.00 bits per heavy atom. The maximum atomic E-state index is 4.76. The van der Waals surface area contributed by atoms with E-state index in [4.69, 9.17) is 4.98 Å². The molecular weight excluding hydrogens is 324 g/mol. The maximum Gasteiger partial charge on any atom is 0.137 e. The summed E-state index contributed by atoms with van der Waals surface area (Å²) in [6, 6.07) is 11.1. The number of fused-ring (bicyclic) bond motifs is 2. The molecule has 2 heterocycles. The highest BCUT2D eigenvalue weighted by Crippen LogP contribution is 2.27. The smallest absolute Gasteiger partial charge is 0.137 e. The lowest BCUT2D eigenvalue weighted by Gasteiger charge is -2.15. The van der Waals surface area contributed by atoms with Gasteiger partial charge in [0.15, 0.2) is 0 Å². The average molecular weight is 342 g/mol. The van der Waals surface area contributed by atoms with E-state index in [-0.39, 0.29) is 17.0 Å². The van der Waals surface area contributed by atoms with Crippen LogP contribution in [0, 0.1) is 6.92 Å². The SMILES string of the molecule is Cc1ccn2cc(-c3ccc4c(c3)CCCC4)nc2c1.[Br-]. The first-order valence-corrected chi connectivity index (χ1v) is 7.37. The van der Waals surface area contributed by atoms with Crippen molar-refractivity contribution >= 4 is 5.65 Å². The van der Waals surface area contributed by atoms with E-state index in [9.17, 15) is 0 Å². The topological polar surface area (TPSA) is 17.3 Å². The van der Waals surface area contributed by atoms with Crippen molar-refractivity contribution in [2.24, 2.45) is 0 Å². The number of rotatable bonds is 1. The van der Waals surface area contributed by atoms with Crippen LogP contribution >= 0.6 is 0 Å². The molecule has 0 N–H and O–H groups in total. The fraction of sp³-hybridized carbons (Fsp3) is 0.278. The third-order valence-electron chi connectivity index (χ3n) is 4.26. The summed E-state index contributed by atoms with van der Waals surface area (Å²) in [6.45, 7) is 2.10. The van der Waals surface area contributed by atoms with Gasteiger partial charge in [0, 0.05) is 18.0 Å². The van der Waals surface area contributed by atoms with Crippen LogP contribution in [0.15, 0.2) is 42.7 Å². The highest BCUT2D eigenvalue weighted by molar-refractivity contribution is 5.64. The number of nitrogens with zero attached hydrogens (tertiary/aromatic N) is 2. The lowest BCUT2D eigenvalue weighted by molar-refractivity contribution is -0.00000416. The van der Waals surface area contributed by atoms with E-state index in [0.29, 0.717) is 0 Å². The molecule has 1 aliphatic rings. The lowest BCUT2D eigenvalue weighted by Crippen LogP contribution is -3.00. The molecule has 1 aromatic carbocycles. The van der Waals surface area contributed by atoms with Crippen LogP contribution in [0.3, 0.4) is 0 Å². The summed E-state index contributed by atoms with van der Waals surface area (Å²) >= 11 is 0. The van der Waals surface area contributed by atoms with Crippen LogP contribution in [0.1, 0.15) is 29.5 Å². The molecule has 3 aromatic rings. The fourth-order valence-electron chi connectivity index (χ4n) is 3.12. The van der Waals surface area contributed by atoms with Crippen LogP contribution in [-0.2, 0) is 12.8 Å². The highest BCUT2D eigenvalue weighted by atomic mass is 79.9. The molecule has 0 atom stereocenters. The molecule has 0 fully saturated rings. The van der Waals surface area contributed by atoms with E-state index < -0.39 is 0 Å². The van der Waals surface area contributed by atoms with Gasteiger partial charge in [-0.25, -0.2) is 4.98 Å². The Morgan fingerprint density at radius 3 is 2.67 bits per heavy atom. The van der Waals surface area contributed by atoms with Gasteiger partial charge < -0.3 is 21.4 Å². The molecule has 0 spiro atoms. The molecular formula is C18H18BrN2-. The predicted molar refractivity (Wildman–Crippen MR) is 82.0 cm³/mol. The Kier molecular flexibility index (Phi) is 3.85. The fourth-order valence-corrected chi connectivity index (χ4v) is 3.12. The Hall–Kier alpha value is -1.61. The zero-order chi connectivity index (χ0) is 13.5. The van der Waals surface area contributed by atoms with Crippen molar-refractivity contribution in [3.05, 3.63) is 59.4 Å². The molecule has 4 rings (SSSR count). The van der Waals surface area contributed by atoms with E-state index >= 15 is 0 Å². The van der Waals surface area contributed by atoms with E-state index in [1.165, 1.54) is 47.9 Å². The molecule has 0 saturated heterocycles. The van der Waals surface area contributed by atoms with Gasteiger partial charge in [0.25, 0.3) is 0 Å². The third kappa shape index (κ3) is 2.62. The van der Waals surface area contributed by atoms with Gasteiger partial charge in [-0.1, -0.05) is 12.1 Å². The first kappa shape index (κ1) is 14.3. The van der Waals surface area contributed by atoms with Gasteiger partial charge in [-0.05, 0) is 67.5 Å². The van der Waals surface area contributed by atoms with Crippen LogP contribution < -0.4 is 17.0 Å². The zero-order valence-corrected chi connectivity index (χ0v) is 13.7. The van der Waals surface area contributed by atoms with Crippen molar-refractivity contribution < 1.29 is 17.0 Å². The molecule has 108 valence electrons. The maximum absolute atomic E-state index is 4.76. The molecule has 2 aromatic heterocycles. The molecule has 0 radical (unpaired) electrons. The molecule has 0 aliphatic heterocycles. The largest absolute Gasteiger partial charge is 1.00 e. The first-order chi connectivity index (χ1) is 9.79. The molecule has 0 amide bonds. The van der Waals surface area contributed by atoms with Gasteiger partial charge in [0.05, 0.1) is 5.69 Å². The zero-order valence-electron chi connectivity index (χ0n) is 12.1. The van der Waals surface area contributed by atoms with Crippen molar-refractivity contribution in [1.82, 2.24) is 9.38 Å². The van der Waals surface area contributed by atoms with Crippen molar-refractivity contribution in [3.8, 4) is 11.3 Å². The highest BCUT2D eigenvalue weighted by Gasteiger charge is 2.11. The summed E-state index contributed by atoms with van der Waals surface area (Å²) in [5.74, 6) is 0. The number of aromatic nitrogens is 2. The quantitative estimate of drug-likeness (QED) is 0.650. The van der Waals surface area contributed by atoms with Gasteiger partial charge in [0.2, 0.25) is 0 Å². The van der Waals surface area contributed by atoms with Gasteiger partial charge >= 0.3 is 0 Å². The molecule has 1 aliphatic carbocycles. The summed E-state index contributed by atoms with van der Waals surface area (Å²) in [5.41, 5.74) is 7.63. The number of hydrogen-bond donors (Lipinski definition) is 0. The molecule has 2 nitrogen and oxygen atoms in total. The number of benzene rings is 1. The van der Waals surface area contributed by atoms with Crippen molar-refractivity contribution in [2.75, 3.05) is 0 Å². The Labute approximate surface area is 135 Å². The summed E-state index contributed by atoms with van der Waals surface area (Å²) in [4.78, 5) is 4.76. The van der Waals surface area contributed by atoms with E-state index in [2.05, 4.69) is 54.0 Å². The molecule has 21 heavy (non-hydrogen) atoms. The van der Waals surface area contributed by atoms with Crippen molar-refractivity contribution in [3.63, 3.8) is 0 Å². The van der Waals surface area contributed by atoms with E-state index in [1.54, 1.807) is 0 Å². The summed E-state index contributed by atoms with van der Waals surface area (Å²) < 4.78 is 2.10. The second kappa shape index (κ2) is 5.64. The van der Waals surface area contributed by atoms with Crippen LogP contribution in [0.4, 0.5) is 0 Å². The number of pyridine rings is 1.